The van der Waals surface area contributed by atoms with E-state index >= 15 is 0 Å². The Morgan fingerprint density at radius 2 is 2.21 bits per heavy atom. The van der Waals surface area contributed by atoms with E-state index in [9.17, 15) is 14.4 Å². The van der Waals surface area contributed by atoms with Crippen molar-refractivity contribution in [1.82, 2.24) is 9.47 Å². The molecular weight excluding hydrogens is 268 g/mol. The van der Waals surface area contributed by atoms with Crippen LogP contribution >= 0.6 is 11.8 Å². The first-order chi connectivity index (χ1) is 9.02. The van der Waals surface area contributed by atoms with E-state index in [1.165, 1.54) is 7.11 Å². The third-order valence-electron chi connectivity index (χ3n) is 2.65. The number of amides is 2. The molecule has 0 aliphatic carbocycles. The largest absolute Gasteiger partial charge is 0.468 e. The summed E-state index contributed by atoms with van der Waals surface area (Å²) in [5, 5.41) is -0.462. The predicted molar refractivity (Wildman–Crippen MR) is 70.1 cm³/mol. The number of carbonyl (C=O) groups is 3. The molecule has 1 aliphatic rings. The normalized spacial score (nSPS) is 17.4. The van der Waals surface area contributed by atoms with Crippen LogP contribution in [0.5, 0.6) is 0 Å². The Kier molecular flexibility index (Phi) is 3.75. The number of hydrogen-bond donors (Lipinski definition) is 0. The zero-order valence-electron chi connectivity index (χ0n) is 10.5. The summed E-state index contributed by atoms with van der Waals surface area (Å²) in [6, 6.07) is 3.67. The van der Waals surface area contributed by atoms with Crippen LogP contribution in [0, 0.1) is 0 Å². The maximum atomic E-state index is 12.0. The molecule has 2 heterocycles. The van der Waals surface area contributed by atoms with Gasteiger partial charge in [-0.3, -0.25) is 19.3 Å². The van der Waals surface area contributed by atoms with E-state index in [0.29, 0.717) is 4.91 Å². The highest BCUT2D eigenvalue weighted by molar-refractivity contribution is 8.18. The molecular formula is C12H12N2O4S. The number of thioether (sulfide) groups is 1. The Morgan fingerprint density at radius 3 is 2.79 bits per heavy atom. The second-order valence-corrected chi connectivity index (χ2v) is 4.88. The van der Waals surface area contributed by atoms with E-state index in [2.05, 4.69) is 4.74 Å². The Morgan fingerprint density at radius 1 is 1.47 bits per heavy atom. The van der Waals surface area contributed by atoms with Crippen molar-refractivity contribution in [2.75, 3.05) is 13.7 Å². The zero-order valence-corrected chi connectivity index (χ0v) is 11.3. The van der Waals surface area contributed by atoms with Crippen LogP contribution < -0.4 is 0 Å². The summed E-state index contributed by atoms with van der Waals surface area (Å²) < 4.78 is 6.28. The van der Waals surface area contributed by atoms with Crippen LogP contribution in [0.25, 0.3) is 6.08 Å². The molecule has 0 bridgehead atoms. The smallest absolute Gasteiger partial charge is 0.325 e. The van der Waals surface area contributed by atoms with Crippen LogP contribution in [-0.2, 0) is 21.4 Å². The standard InChI is InChI=1S/C12H12N2O4S/c1-13-5-3-4-8(13)6-9-11(16)14(12(17)19-9)7-10(15)18-2/h3-6H,7H2,1-2H3/b9-6+. The molecule has 7 heteroatoms. The molecule has 19 heavy (non-hydrogen) atoms. The zero-order chi connectivity index (χ0) is 14.0. The monoisotopic (exact) mass is 280 g/mol. The topological polar surface area (TPSA) is 68.6 Å². The summed E-state index contributed by atoms with van der Waals surface area (Å²) in [5.41, 5.74) is 0.809. The first-order valence-electron chi connectivity index (χ1n) is 5.46. The lowest BCUT2D eigenvalue weighted by Gasteiger charge is -2.09. The Balaban J connectivity index is 2.21. The molecule has 0 aromatic carbocycles. The van der Waals surface area contributed by atoms with E-state index in [-0.39, 0.29) is 6.54 Å². The van der Waals surface area contributed by atoms with Gasteiger partial charge in [-0.15, -0.1) is 0 Å². The molecule has 2 amide bonds. The van der Waals surface area contributed by atoms with Gasteiger partial charge in [0.2, 0.25) is 0 Å². The molecule has 0 radical (unpaired) electrons. The van der Waals surface area contributed by atoms with Crippen LogP contribution in [0.15, 0.2) is 23.2 Å². The van der Waals surface area contributed by atoms with Gasteiger partial charge >= 0.3 is 5.97 Å². The predicted octanol–water partition coefficient (Wildman–Crippen LogP) is 1.23. The number of aromatic nitrogens is 1. The number of ether oxygens (including phenoxy) is 1. The lowest BCUT2D eigenvalue weighted by Crippen LogP contribution is -2.34. The van der Waals surface area contributed by atoms with Crippen molar-refractivity contribution in [3.05, 3.63) is 28.9 Å². The number of methoxy groups -OCH3 is 1. The van der Waals surface area contributed by atoms with Gasteiger partial charge in [-0.05, 0) is 30.0 Å². The Bertz CT molecular complexity index is 576. The molecule has 1 saturated heterocycles. The van der Waals surface area contributed by atoms with Gasteiger partial charge in [0.25, 0.3) is 11.1 Å². The van der Waals surface area contributed by atoms with Gasteiger partial charge < -0.3 is 9.30 Å². The number of aryl methyl sites for hydroxylation is 1. The van der Waals surface area contributed by atoms with E-state index in [4.69, 9.17) is 0 Å². The van der Waals surface area contributed by atoms with Crippen LogP contribution in [0.1, 0.15) is 5.69 Å². The van der Waals surface area contributed by atoms with E-state index in [1.807, 2.05) is 29.9 Å². The maximum Gasteiger partial charge on any atom is 0.325 e. The van der Waals surface area contributed by atoms with Gasteiger partial charge in [0.1, 0.15) is 6.54 Å². The maximum absolute atomic E-state index is 12.0. The van der Waals surface area contributed by atoms with E-state index in [0.717, 1.165) is 22.4 Å². The second-order valence-electron chi connectivity index (χ2n) is 3.89. The quantitative estimate of drug-likeness (QED) is 0.615. The Labute approximate surface area is 114 Å². The summed E-state index contributed by atoms with van der Waals surface area (Å²) in [5.74, 6) is -1.09. The number of rotatable bonds is 3. The second kappa shape index (κ2) is 5.31. The molecule has 0 atom stereocenters. The van der Waals surface area contributed by atoms with Gasteiger partial charge in [0.15, 0.2) is 0 Å². The summed E-state index contributed by atoms with van der Waals surface area (Å²) in [4.78, 5) is 36.0. The highest BCUT2D eigenvalue weighted by atomic mass is 32.2. The van der Waals surface area contributed by atoms with Gasteiger partial charge in [-0.1, -0.05) is 0 Å². The fourth-order valence-corrected chi connectivity index (χ4v) is 2.41. The van der Waals surface area contributed by atoms with Crippen molar-refractivity contribution < 1.29 is 19.1 Å². The lowest BCUT2D eigenvalue weighted by atomic mass is 10.3. The fourth-order valence-electron chi connectivity index (χ4n) is 1.59. The van der Waals surface area contributed by atoms with Crippen molar-refractivity contribution in [2.24, 2.45) is 7.05 Å². The third kappa shape index (κ3) is 2.70. The molecule has 0 unspecified atom stereocenters. The molecule has 100 valence electrons. The SMILES string of the molecule is COC(=O)CN1C(=O)S/C(=C/c2cccn2C)C1=O. The Hall–Kier alpha value is -2.02. The molecule has 1 aliphatic heterocycles. The highest BCUT2D eigenvalue weighted by Gasteiger charge is 2.36. The minimum Gasteiger partial charge on any atom is -0.468 e. The molecule has 2 rings (SSSR count). The number of hydrogen-bond acceptors (Lipinski definition) is 5. The van der Waals surface area contributed by atoms with Crippen LogP contribution in [0.4, 0.5) is 4.79 Å². The van der Waals surface area contributed by atoms with Crippen LogP contribution in [0.3, 0.4) is 0 Å². The first kappa shape index (κ1) is 13.4. The van der Waals surface area contributed by atoms with Gasteiger partial charge in [0, 0.05) is 18.9 Å². The van der Waals surface area contributed by atoms with Crippen molar-refractivity contribution in [1.29, 1.82) is 0 Å². The first-order valence-corrected chi connectivity index (χ1v) is 6.28. The molecule has 0 N–H and O–H groups in total. The summed E-state index contributed by atoms with van der Waals surface area (Å²) in [6.07, 6.45) is 3.46. The number of imide groups is 1. The summed E-state index contributed by atoms with van der Waals surface area (Å²) in [6.45, 7) is -0.356. The third-order valence-corrected chi connectivity index (χ3v) is 3.56. The molecule has 6 nitrogen and oxygen atoms in total. The summed E-state index contributed by atoms with van der Waals surface area (Å²) in [7, 11) is 3.05. The van der Waals surface area contributed by atoms with Crippen molar-refractivity contribution >= 4 is 35.0 Å². The van der Waals surface area contributed by atoms with Gasteiger partial charge in [-0.25, -0.2) is 0 Å². The van der Waals surface area contributed by atoms with Crippen molar-refractivity contribution in [3.8, 4) is 0 Å². The van der Waals surface area contributed by atoms with E-state index in [1.54, 1.807) is 6.08 Å². The molecule has 0 saturated carbocycles. The molecule has 1 aromatic rings. The number of nitrogens with zero attached hydrogens (tertiary/aromatic N) is 2. The van der Waals surface area contributed by atoms with Crippen LogP contribution in [-0.4, -0.2) is 40.2 Å². The number of carbonyl (C=O) groups excluding carboxylic acids is 3. The molecule has 0 spiro atoms. The number of esters is 1. The van der Waals surface area contributed by atoms with Gasteiger partial charge in [-0.2, -0.15) is 0 Å². The average Bonchev–Trinajstić information content (AvgIpc) is 2.89. The molecule has 1 fully saturated rings. The summed E-state index contributed by atoms with van der Waals surface area (Å²) >= 11 is 0.819. The minimum atomic E-state index is -0.623. The molecule has 1 aromatic heterocycles. The highest BCUT2D eigenvalue weighted by Crippen LogP contribution is 2.31. The van der Waals surface area contributed by atoms with Gasteiger partial charge in [0.05, 0.1) is 12.0 Å². The lowest BCUT2D eigenvalue weighted by molar-refractivity contribution is -0.143. The minimum absolute atomic E-state index is 0.302. The van der Waals surface area contributed by atoms with Crippen molar-refractivity contribution in [3.63, 3.8) is 0 Å². The van der Waals surface area contributed by atoms with Crippen LogP contribution in [0.2, 0.25) is 0 Å². The fraction of sp³-hybridized carbons (Fsp3) is 0.250. The van der Waals surface area contributed by atoms with Crippen molar-refractivity contribution in [2.45, 2.75) is 0 Å². The average molecular weight is 280 g/mol. The van der Waals surface area contributed by atoms with E-state index < -0.39 is 17.1 Å².